The Morgan fingerprint density at radius 2 is 0.622 bits per heavy atom. The molecule has 0 radical (unpaired) electrons. The van der Waals surface area contributed by atoms with E-state index in [9.17, 15) is 65.9 Å². The normalized spacial score (nSPS) is 22.7. The second kappa shape index (κ2) is 11.5. The van der Waals surface area contributed by atoms with Crippen LogP contribution in [0.25, 0.3) is 0 Å². The van der Waals surface area contributed by atoms with E-state index in [1.54, 1.807) is 0 Å². The lowest BCUT2D eigenvalue weighted by atomic mass is 10.7. The van der Waals surface area contributed by atoms with Crippen molar-refractivity contribution in [2.45, 2.75) is 30.9 Å². The van der Waals surface area contributed by atoms with Gasteiger partial charge in [0, 0.05) is 0 Å². The summed E-state index contributed by atoms with van der Waals surface area (Å²) in [6, 6.07) is 0. The summed E-state index contributed by atoms with van der Waals surface area (Å²) in [7, 11) is -18.7. The van der Waals surface area contributed by atoms with Crippen molar-refractivity contribution in [3.05, 3.63) is 0 Å². The number of hydrogen-bond donors (Lipinski definition) is 0. The zero-order valence-electron chi connectivity index (χ0n) is 16.8. The monoisotopic (exact) mass is 649 g/mol. The third kappa shape index (κ3) is 14.4. The van der Waals surface area contributed by atoms with Crippen LogP contribution in [0.2, 0.25) is 0 Å². The first-order chi connectivity index (χ1) is 16.2. The molecule has 1 aliphatic heterocycles. The average Bonchev–Trinajstić information content (AvgIpc) is 2.64. The fraction of sp³-hybridized carbons (Fsp3) is 1.00. The maximum atomic E-state index is 15.2. The Kier molecular flexibility index (Phi) is 10.7. The van der Waals surface area contributed by atoms with Crippen LogP contribution >= 0.6 is 23.1 Å². The number of hydrogen-bond acceptors (Lipinski definition) is 8. The molecule has 0 aromatic carbocycles. The van der Waals surface area contributed by atoms with Crippen LogP contribution in [0, 0.1) is 0 Å². The second-order valence-electron chi connectivity index (χ2n) is 6.17. The van der Waals surface area contributed by atoms with E-state index in [1.807, 2.05) is 0 Å². The quantitative estimate of drug-likeness (QED) is 0.175. The standard InChI is InChI=1S/C10H10F16N3O5P3/c11-6(12,13)1-30-35(26)27-36(31-2-7(14,15)16,32-3-8(17,18)19)29-37(28-35,33-4-9(20,21)22)34-5-10(23,24)25/h1-5H2. The van der Waals surface area contributed by atoms with Crippen LogP contribution in [-0.4, -0.2) is 63.9 Å². The Morgan fingerprint density at radius 1 is 0.378 bits per heavy atom. The molecule has 0 saturated heterocycles. The summed E-state index contributed by atoms with van der Waals surface area (Å²) in [6.07, 6.45) is -27.8. The van der Waals surface area contributed by atoms with Crippen LogP contribution in [0.15, 0.2) is 13.5 Å². The van der Waals surface area contributed by atoms with Gasteiger partial charge in [-0.15, -0.1) is 13.5 Å². The van der Waals surface area contributed by atoms with Crippen molar-refractivity contribution in [2.24, 2.45) is 13.5 Å². The van der Waals surface area contributed by atoms with E-state index in [2.05, 4.69) is 36.2 Å². The Bertz CT molecular complexity index is 869. The third-order valence-corrected chi connectivity index (χ3v) is 10.4. The fourth-order valence-electron chi connectivity index (χ4n) is 1.59. The molecule has 0 aliphatic carbocycles. The number of alkyl halides is 15. The Morgan fingerprint density at radius 3 is 0.892 bits per heavy atom. The predicted octanol–water partition coefficient (Wildman–Crippen LogP) is 8.70. The van der Waals surface area contributed by atoms with E-state index < -0.39 is 87.0 Å². The molecule has 222 valence electrons. The highest BCUT2D eigenvalue weighted by Gasteiger charge is 2.49. The SMILES string of the molecule is FC(F)(F)COP1(F)=NP(OCC(F)(F)F)(OCC(F)(F)F)=NP(OCC(F)(F)F)(OCC(F)(F)F)=N1. The first kappa shape index (κ1) is 34.4. The Balaban J connectivity index is 3.90. The van der Waals surface area contributed by atoms with Crippen LogP contribution in [0.5, 0.6) is 0 Å². The van der Waals surface area contributed by atoms with Gasteiger partial charge in [0.1, 0.15) is 0 Å². The highest BCUT2D eigenvalue weighted by Crippen LogP contribution is 2.81. The van der Waals surface area contributed by atoms with Crippen molar-refractivity contribution in [1.82, 2.24) is 0 Å². The van der Waals surface area contributed by atoms with Gasteiger partial charge < -0.3 is 0 Å². The van der Waals surface area contributed by atoms with Crippen molar-refractivity contribution >= 4 is 23.1 Å². The highest BCUT2D eigenvalue weighted by atomic mass is 31.3. The van der Waals surface area contributed by atoms with Crippen LogP contribution in [0.1, 0.15) is 0 Å². The van der Waals surface area contributed by atoms with Crippen molar-refractivity contribution in [2.75, 3.05) is 33.0 Å². The molecule has 1 atom stereocenters. The van der Waals surface area contributed by atoms with Crippen LogP contribution < -0.4 is 0 Å². The fourth-order valence-corrected chi connectivity index (χ4v) is 10.1. The van der Waals surface area contributed by atoms with E-state index in [0.717, 1.165) is 0 Å². The molecule has 37 heavy (non-hydrogen) atoms. The van der Waals surface area contributed by atoms with Gasteiger partial charge in [-0.05, 0) is 0 Å². The molecule has 0 saturated carbocycles. The molecule has 1 unspecified atom stereocenters. The molecular formula is C10H10F16N3O5P3. The molecule has 0 fully saturated rings. The summed E-state index contributed by atoms with van der Waals surface area (Å²) in [6.45, 7) is -13.9. The lowest BCUT2D eigenvalue weighted by Crippen LogP contribution is -2.22. The molecule has 0 spiro atoms. The molecule has 8 nitrogen and oxygen atoms in total. The van der Waals surface area contributed by atoms with E-state index in [-0.39, 0.29) is 0 Å². The first-order valence-corrected chi connectivity index (χ1v) is 12.9. The van der Waals surface area contributed by atoms with Gasteiger partial charge in [-0.2, -0.15) is 70.1 Å². The minimum absolute atomic E-state index is 2.40. The van der Waals surface area contributed by atoms with E-state index in [4.69, 9.17) is 0 Å². The van der Waals surface area contributed by atoms with Crippen LogP contribution in [0.4, 0.5) is 70.1 Å². The van der Waals surface area contributed by atoms with Crippen LogP contribution in [-0.2, 0) is 22.6 Å². The van der Waals surface area contributed by atoms with Gasteiger partial charge in [-0.25, -0.2) is 0 Å². The average molecular weight is 649 g/mol. The molecule has 0 bridgehead atoms. The first-order valence-electron chi connectivity index (χ1n) is 8.33. The van der Waals surface area contributed by atoms with Gasteiger partial charge in [0.2, 0.25) is 0 Å². The molecule has 1 heterocycles. The molecule has 1 aliphatic rings. The molecule has 27 heteroatoms. The largest absolute Gasteiger partial charge is 0.412 e. The second-order valence-corrected chi connectivity index (χ2v) is 12.5. The minimum atomic E-state index is -6.47. The lowest BCUT2D eigenvalue weighted by Gasteiger charge is -2.31. The lowest BCUT2D eigenvalue weighted by molar-refractivity contribution is -0.163. The van der Waals surface area contributed by atoms with Crippen molar-refractivity contribution in [3.63, 3.8) is 0 Å². The molecule has 0 amide bonds. The van der Waals surface area contributed by atoms with E-state index in [1.165, 1.54) is 0 Å². The van der Waals surface area contributed by atoms with Gasteiger partial charge in [0.25, 0.3) is 0 Å². The van der Waals surface area contributed by atoms with Gasteiger partial charge in [-0.3, -0.25) is 22.6 Å². The predicted molar refractivity (Wildman–Crippen MR) is 89.2 cm³/mol. The summed E-state index contributed by atoms with van der Waals surface area (Å²) in [4.78, 5) is 0. The van der Waals surface area contributed by atoms with Gasteiger partial charge in [-0.1, -0.05) is 0 Å². The summed E-state index contributed by atoms with van der Waals surface area (Å²) in [5.74, 6) is 0. The van der Waals surface area contributed by atoms with Crippen molar-refractivity contribution < 1.29 is 92.7 Å². The van der Waals surface area contributed by atoms with Crippen molar-refractivity contribution in [3.8, 4) is 0 Å². The number of halogens is 16. The number of rotatable bonds is 10. The minimum Gasteiger partial charge on any atom is -0.297 e. The Hall–Kier alpha value is -0.630. The van der Waals surface area contributed by atoms with E-state index in [0.29, 0.717) is 0 Å². The summed E-state index contributed by atoms with van der Waals surface area (Å²) in [5.41, 5.74) is 0. The molecule has 0 N–H and O–H groups in total. The van der Waals surface area contributed by atoms with Gasteiger partial charge in [0.15, 0.2) is 33.0 Å². The van der Waals surface area contributed by atoms with Crippen LogP contribution in [0.3, 0.4) is 0 Å². The van der Waals surface area contributed by atoms with Gasteiger partial charge in [0.05, 0.1) is 0 Å². The molecule has 1 rings (SSSR count). The highest BCUT2D eigenvalue weighted by molar-refractivity contribution is 7.78. The molecule has 0 aromatic rings. The molecule has 0 aromatic heterocycles. The van der Waals surface area contributed by atoms with Gasteiger partial charge >= 0.3 is 53.9 Å². The zero-order valence-corrected chi connectivity index (χ0v) is 19.5. The maximum Gasteiger partial charge on any atom is 0.412 e. The Labute approximate surface area is 194 Å². The maximum absolute atomic E-state index is 15.2. The topological polar surface area (TPSA) is 83.2 Å². The smallest absolute Gasteiger partial charge is 0.297 e. The van der Waals surface area contributed by atoms with Crippen molar-refractivity contribution in [1.29, 1.82) is 0 Å². The van der Waals surface area contributed by atoms with E-state index >= 15 is 4.20 Å². The molecular weight excluding hydrogens is 639 g/mol. The number of nitrogens with zero attached hydrogens (tertiary/aromatic N) is 3. The third-order valence-electron chi connectivity index (χ3n) is 2.65. The summed E-state index contributed by atoms with van der Waals surface area (Å²) in [5, 5.41) is 0. The summed E-state index contributed by atoms with van der Waals surface area (Å²) >= 11 is 0. The summed E-state index contributed by atoms with van der Waals surface area (Å²) < 4.78 is 231. The zero-order chi connectivity index (χ0) is 29.2.